The van der Waals surface area contributed by atoms with Crippen molar-refractivity contribution in [3.63, 3.8) is 0 Å². The number of anilines is 1. The van der Waals surface area contributed by atoms with Gasteiger partial charge in [-0.15, -0.1) is 0 Å². The van der Waals surface area contributed by atoms with Crippen molar-refractivity contribution in [3.8, 4) is 5.75 Å². The van der Waals surface area contributed by atoms with Crippen LogP contribution < -0.4 is 9.64 Å². The fourth-order valence-corrected chi connectivity index (χ4v) is 5.95. The van der Waals surface area contributed by atoms with Crippen LogP contribution in [0.1, 0.15) is 12.0 Å². The largest absolute Gasteiger partial charge is 0.496 e. The van der Waals surface area contributed by atoms with Crippen molar-refractivity contribution < 1.29 is 22.8 Å². The second kappa shape index (κ2) is 9.43. The Hall–Kier alpha value is -2.69. The van der Waals surface area contributed by atoms with Crippen molar-refractivity contribution in [3.05, 3.63) is 53.8 Å². The summed E-state index contributed by atoms with van der Waals surface area (Å²) < 4.78 is 46.0. The molecule has 32 heavy (non-hydrogen) atoms. The van der Waals surface area contributed by atoms with Crippen molar-refractivity contribution in [2.24, 2.45) is 5.16 Å². The number of rotatable bonds is 6. The predicted molar refractivity (Wildman–Crippen MR) is 120 cm³/mol. The number of halogens is 1. The molecule has 2 aliphatic rings. The van der Waals surface area contributed by atoms with Gasteiger partial charge in [0.1, 0.15) is 17.3 Å². The Kier molecular flexibility index (Phi) is 6.63. The van der Waals surface area contributed by atoms with Gasteiger partial charge in [0.05, 0.1) is 24.1 Å². The van der Waals surface area contributed by atoms with Gasteiger partial charge in [-0.1, -0.05) is 11.2 Å². The van der Waals surface area contributed by atoms with Gasteiger partial charge in [0.15, 0.2) is 0 Å². The topological polar surface area (TPSA) is 85.7 Å². The average Bonchev–Trinajstić information content (AvgIpc) is 2.81. The van der Waals surface area contributed by atoms with Gasteiger partial charge in [-0.3, -0.25) is 4.90 Å². The van der Waals surface area contributed by atoms with Gasteiger partial charge in [-0.2, -0.15) is 4.31 Å². The van der Waals surface area contributed by atoms with Crippen LogP contribution in [0.25, 0.3) is 0 Å². The summed E-state index contributed by atoms with van der Waals surface area (Å²) in [5.74, 6) is 0.132. The molecule has 0 saturated carbocycles. The first-order valence-electron chi connectivity index (χ1n) is 10.6. The second-order valence-electron chi connectivity index (χ2n) is 7.88. The van der Waals surface area contributed by atoms with E-state index in [2.05, 4.69) is 15.0 Å². The summed E-state index contributed by atoms with van der Waals surface area (Å²) in [4.78, 5) is 4.62. The number of methoxy groups -OCH3 is 1. The van der Waals surface area contributed by atoms with Gasteiger partial charge >= 0.3 is 0 Å². The molecule has 4 rings (SSSR count). The highest BCUT2D eigenvalue weighted by atomic mass is 32.2. The number of oxime groups is 1. The highest BCUT2D eigenvalue weighted by molar-refractivity contribution is 7.89. The highest BCUT2D eigenvalue weighted by Crippen LogP contribution is 2.33. The minimum Gasteiger partial charge on any atom is -0.496 e. The molecule has 0 aliphatic carbocycles. The average molecular weight is 463 g/mol. The molecule has 0 atom stereocenters. The third-order valence-corrected chi connectivity index (χ3v) is 7.89. The van der Waals surface area contributed by atoms with E-state index in [1.807, 2.05) is 0 Å². The smallest absolute Gasteiger partial charge is 0.244 e. The van der Waals surface area contributed by atoms with Crippen molar-refractivity contribution in [1.29, 1.82) is 0 Å². The molecule has 1 N–H and O–H groups in total. The molecule has 0 aromatic heterocycles. The van der Waals surface area contributed by atoms with Crippen LogP contribution in [0.5, 0.6) is 5.75 Å². The molecule has 2 heterocycles. The summed E-state index contributed by atoms with van der Waals surface area (Å²) in [6.07, 6.45) is 0.661. The summed E-state index contributed by atoms with van der Waals surface area (Å²) >= 11 is 0. The predicted octanol–water partition coefficient (Wildman–Crippen LogP) is 2.23. The summed E-state index contributed by atoms with van der Waals surface area (Å²) in [5, 5.41) is 12.8. The molecule has 1 fully saturated rings. The lowest BCUT2D eigenvalue weighted by atomic mass is 10.1. The zero-order valence-corrected chi connectivity index (χ0v) is 18.8. The van der Waals surface area contributed by atoms with E-state index in [4.69, 9.17) is 4.74 Å². The molecule has 0 radical (unpaired) electrons. The Morgan fingerprint density at radius 1 is 1.06 bits per heavy atom. The van der Waals surface area contributed by atoms with E-state index in [1.54, 1.807) is 24.3 Å². The van der Waals surface area contributed by atoms with Gasteiger partial charge in [-0.25, -0.2) is 12.8 Å². The molecular formula is C22H27FN4O4S. The molecule has 8 nitrogen and oxygen atoms in total. The lowest BCUT2D eigenvalue weighted by molar-refractivity contribution is 0.247. The van der Waals surface area contributed by atoms with E-state index in [1.165, 1.54) is 29.6 Å². The maximum atomic E-state index is 13.1. The van der Waals surface area contributed by atoms with Crippen LogP contribution in [0.2, 0.25) is 0 Å². The van der Waals surface area contributed by atoms with Gasteiger partial charge < -0.3 is 14.8 Å². The molecule has 172 valence electrons. The van der Waals surface area contributed by atoms with Crippen LogP contribution in [0.4, 0.5) is 10.1 Å². The van der Waals surface area contributed by atoms with Crippen molar-refractivity contribution in [1.82, 2.24) is 9.21 Å². The number of hydrogen-bond acceptors (Lipinski definition) is 7. The number of hydrogen-bond donors (Lipinski definition) is 1. The number of piperazine rings is 1. The lowest BCUT2D eigenvalue weighted by Crippen LogP contribution is -2.47. The normalized spacial score (nSPS) is 20.3. The zero-order valence-electron chi connectivity index (χ0n) is 17.9. The number of ether oxygens (including phenoxy) is 1. The molecular weight excluding hydrogens is 435 g/mol. The third-order valence-electron chi connectivity index (χ3n) is 6.01. The van der Waals surface area contributed by atoms with E-state index in [9.17, 15) is 18.0 Å². The quantitative estimate of drug-likeness (QED) is 0.524. The number of sulfonamides is 1. The van der Waals surface area contributed by atoms with E-state index in [0.717, 1.165) is 38.4 Å². The first-order chi connectivity index (χ1) is 15.4. The van der Waals surface area contributed by atoms with Crippen molar-refractivity contribution >= 4 is 21.4 Å². The molecule has 1 saturated heterocycles. The van der Waals surface area contributed by atoms with Crippen LogP contribution in [-0.2, 0) is 10.0 Å². The molecule has 2 aromatic carbocycles. The maximum absolute atomic E-state index is 13.1. The van der Waals surface area contributed by atoms with E-state index in [0.29, 0.717) is 24.3 Å². The first-order valence-corrected chi connectivity index (χ1v) is 12.0. The van der Waals surface area contributed by atoms with Crippen molar-refractivity contribution in [2.75, 3.05) is 57.8 Å². The Morgan fingerprint density at radius 3 is 2.44 bits per heavy atom. The van der Waals surface area contributed by atoms with E-state index in [-0.39, 0.29) is 23.0 Å². The Balaban J connectivity index is 1.35. The van der Waals surface area contributed by atoms with Crippen LogP contribution in [-0.4, -0.2) is 81.5 Å². The number of fused-ring (bicyclic) bond motifs is 1. The summed E-state index contributed by atoms with van der Waals surface area (Å²) in [5.41, 5.74) is 1.61. The highest BCUT2D eigenvalue weighted by Gasteiger charge is 2.37. The molecule has 0 bridgehead atoms. The van der Waals surface area contributed by atoms with Gasteiger partial charge in [0, 0.05) is 38.4 Å². The Labute approximate surface area is 187 Å². The number of benzene rings is 2. The van der Waals surface area contributed by atoms with Crippen LogP contribution in [0.15, 0.2) is 52.5 Å². The van der Waals surface area contributed by atoms with Crippen LogP contribution in [0.3, 0.4) is 0 Å². The van der Waals surface area contributed by atoms with E-state index < -0.39 is 10.0 Å². The lowest BCUT2D eigenvalue weighted by Gasteiger charge is -2.36. The SMILES string of the molecule is COc1cccc2c1/C(=N/O)CN(CCCN1CCN(c3ccc(F)cc3)CC1)S2(=O)=O. The third kappa shape index (κ3) is 4.43. The summed E-state index contributed by atoms with van der Waals surface area (Å²) in [6.45, 7) is 4.48. The Bertz CT molecular complexity index is 1080. The van der Waals surface area contributed by atoms with E-state index >= 15 is 0 Å². The minimum absolute atomic E-state index is 0.00452. The van der Waals surface area contributed by atoms with Gasteiger partial charge in [0.2, 0.25) is 10.0 Å². The standard InChI is InChI=1S/C22H27FN4O4S/c1-31-20-4-2-5-21-22(20)19(24-28)16-27(32(21,29)30)11-3-10-25-12-14-26(15-13-25)18-8-6-17(23)7-9-18/h2,4-9,28H,3,10-16H2,1H3/b24-19+. The van der Waals surface area contributed by atoms with Gasteiger partial charge in [0.25, 0.3) is 0 Å². The Morgan fingerprint density at radius 2 is 1.78 bits per heavy atom. The maximum Gasteiger partial charge on any atom is 0.244 e. The summed E-state index contributed by atoms with van der Waals surface area (Å²) in [6, 6.07) is 11.3. The molecule has 10 heteroatoms. The summed E-state index contributed by atoms with van der Waals surface area (Å²) in [7, 11) is -2.25. The van der Waals surface area contributed by atoms with Crippen LogP contribution >= 0.6 is 0 Å². The monoisotopic (exact) mass is 462 g/mol. The zero-order chi connectivity index (χ0) is 22.7. The fraction of sp³-hybridized carbons (Fsp3) is 0.409. The number of nitrogens with zero attached hydrogens (tertiary/aromatic N) is 4. The fourth-order valence-electron chi connectivity index (χ4n) is 4.28. The molecule has 0 unspecified atom stereocenters. The second-order valence-corrected chi connectivity index (χ2v) is 9.78. The molecule has 0 spiro atoms. The molecule has 2 aliphatic heterocycles. The first kappa shape index (κ1) is 22.5. The minimum atomic E-state index is -3.71. The van der Waals surface area contributed by atoms with Crippen molar-refractivity contribution in [2.45, 2.75) is 11.3 Å². The molecule has 2 aromatic rings. The molecule has 0 amide bonds. The van der Waals surface area contributed by atoms with Crippen LogP contribution in [0, 0.1) is 5.82 Å². The van der Waals surface area contributed by atoms with Gasteiger partial charge in [-0.05, 0) is 49.4 Å².